The fraction of sp³-hybridized carbons (Fsp3) is 0.750. The summed E-state index contributed by atoms with van der Waals surface area (Å²) in [6.45, 7) is 4.52. The Labute approximate surface area is 71.9 Å². The average molecular weight is 238 g/mol. The Hall–Kier alpha value is 0.470. The molecule has 0 atom stereocenters. The van der Waals surface area contributed by atoms with Gasteiger partial charge in [0.25, 0.3) is 0 Å². The minimum atomic E-state index is 0.913. The molecule has 0 unspecified atom stereocenters. The predicted molar refractivity (Wildman–Crippen MR) is 51.8 cm³/mol. The summed E-state index contributed by atoms with van der Waals surface area (Å²) in [5.41, 5.74) is 0. The lowest BCUT2D eigenvalue weighted by Gasteiger charge is -2.06. The Bertz CT molecular complexity index is 72.6. The molecule has 54 valence electrons. The van der Waals surface area contributed by atoms with Crippen LogP contribution < -0.4 is 0 Å². The Morgan fingerprint density at radius 2 is 1.89 bits per heavy atom. The van der Waals surface area contributed by atoms with Gasteiger partial charge in [0.2, 0.25) is 0 Å². The van der Waals surface area contributed by atoms with Crippen LogP contribution in [0.5, 0.6) is 0 Å². The first-order valence-corrected chi connectivity index (χ1v) is 4.84. The molecule has 1 heteroatoms. The molecule has 0 aromatic heterocycles. The second-order valence-electron chi connectivity index (χ2n) is 2.28. The van der Waals surface area contributed by atoms with E-state index in [0.717, 1.165) is 5.92 Å². The molecule has 0 heterocycles. The average Bonchev–Trinajstić information content (AvgIpc) is 1.91. The third kappa shape index (κ3) is 4.94. The maximum atomic E-state index is 2.27. The van der Waals surface area contributed by atoms with Crippen LogP contribution in [0.1, 0.15) is 33.1 Å². The number of hydrogen-bond donors (Lipinski definition) is 0. The third-order valence-corrected chi connectivity index (χ3v) is 2.22. The zero-order chi connectivity index (χ0) is 7.11. The van der Waals surface area contributed by atoms with Gasteiger partial charge in [-0.25, -0.2) is 0 Å². The van der Waals surface area contributed by atoms with Crippen LogP contribution in [0.2, 0.25) is 0 Å². The van der Waals surface area contributed by atoms with E-state index in [-0.39, 0.29) is 0 Å². The summed E-state index contributed by atoms with van der Waals surface area (Å²) in [4.78, 5) is 0. The monoisotopic (exact) mass is 238 g/mol. The van der Waals surface area contributed by atoms with Crippen molar-refractivity contribution in [2.75, 3.05) is 0 Å². The van der Waals surface area contributed by atoms with E-state index in [1.807, 2.05) is 0 Å². The van der Waals surface area contributed by atoms with Crippen molar-refractivity contribution < 1.29 is 0 Å². The lowest BCUT2D eigenvalue weighted by Crippen LogP contribution is -1.92. The highest BCUT2D eigenvalue weighted by atomic mass is 127. The largest absolute Gasteiger partial charge is 0.0782 e. The first-order chi connectivity index (χ1) is 4.35. The van der Waals surface area contributed by atoms with Gasteiger partial charge in [0, 0.05) is 0 Å². The van der Waals surface area contributed by atoms with Gasteiger partial charge in [-0.2, -0.15) is 0 Å². The summed E-state index contributed by atoms with van der Waals surface area (Å²) in [7, 11) is 0. The van der Waals surface area contributed by atoms with E-state index in [1.54, 1.807) is 0 Å². The first-order valence-electron chi connectivity index (χ1n) is 3.60. The van der Waals surface area contributed by atoms with E-state index >= 15 is 0 Å². The maximum Gasteiger partial charge on any atom is -0.0274 e. The Kier molecular flexibility index (Phi) is 6.93. The van der Waals surface area contributed by atoms with E-state index in [2.05, 4.69) is 46.6 Å². The van der Waals surface area contributed by atoms with Gasteiger partial charge in [0.1, 0.15) is 0 Å². The fourth-order valence-electron chi connectivity index (χ4n) is 0.866. The molecule has 0 amide bonds. The van der Waals surface area contributed by atoms with Crippen molar-refractivity contribution in [3.63, 3.8) is 0 Å². The molecule has 0 aliphatic rings. The normalized spacial score (nSPS) is 11.6. The van der Waals surface area contributed by atoms with Crippen LogP contribution in [0.15, 0.2) is 10.2 Å². The highest BCUT2D eigenvalue weighted by Gasteiger charge is 1.97. The molecule has 0 aliphatic heterocycles. The Morgan fingerprint density at radius 3 is 2.22 bits per heavy atom. The summed E-state index contributed by atoms with van der Waals surface area (Å²) in [5, 5.41) is 0. The lowest BCUT2D eigenvalue weighted by molar-refractivity contribution is 0.500. The molecule has 0 saturated heterocycles. The van der Waals surface area contributed by atoms with Crippen LogP contribution in [-0.2, 0) is 0 Å². The van der Waals surface area contributed by atoms with E-state index in [9.17, 15) is 0 Å². The van der Waals surface area contributed by atoms with E-state index in [0.29, 0.717) is 0 Å². The van der Waals surface area contributed by atoms with Crippen molar-refractivity contribution >= 4 is 22.6 Å². The number of halogens is 1. The molecule has 0 aromatic carbocycles. The van der Waals surface area contributed by atoms with Crippen LogP contribution in [0.25, 0.3) is 0 Å². The summed E-state index contributed by atoms with van der Waals surface area (Å²) >= 11 is 2.27. The topological polar surface area (TPSA) is 0 Å². The molecular formula is C8H15I. The van der Waals surface area contributed by atoms with Gasteiger partial charge in [-0.05, 0) is 16.4 Å². The van der Waals surface area contributed by atoms with Gasteiger partial charge in [-0.15, -0.1) is 0 Å². The van der Waals surface area contributed by atoms with Crippen LogP contribution in [-0.4, -0.2) is 0 Å². The van der Waals surface area contributed by atoms with Crippen molar-refractivity contribution in [2.45, 2.75) is 33.1 Å². The van der Waals surface area contributed by atoms with Crippen LogP contribution in [0.3, 0.4) is 0 Å². The molecular weight excluding hydrogens is 223 g/mol. The minimum Gasteiger partial charge on any atom is -0.0782 e. The third-order valence-electron chi connectivity index (χ3n) is 1.71. The van der Waals surface area contributed by atoms with Gasteiger partial charge in [-0.1, -0.05) is 55.4 Å². The molecule has 9 heavy (non-hydrogen) atoms. The molecule has 0 saturated carbocycles. The summed E-state index contributed by atoms with van der Waals surface area (Å²) in [6, 6.07) is 0. The molecule has 0 nitrogen and oxygen atoms in total. The molecule has 0 aliphatic carbocycles. The van der Waals surface area contributed by atoms with Crippen LogP contribution in [0, 0.1) is 5.92 Å². The smallest absolute Gasteiger partial charge is 0.0274 e. The summed E-state index contributed by atoms with van der Waals surface area (Å²) in [5.74, 6) is 0.913. The highest BCUT2D eigenvalue weighted by Crippen LogP contribution is 2.12. The standard InChI is InChI=1S/C8H15I/c1-3-8(4-2)6-5-7-9/h5,7-8H,3-4,6H2,1-2H3. The lowest BCUT2D eigenvalue weighted by atomic mass is 10.00. The SMILES string of the molecule is CCC(CC)CC=CI. The van der Waals surface area contributed by atoms with Crippen LogP contribution in [0.4, 0.5) is 0 Å². The van der Waals surface area contributed by atoms with Gasteiger partial charge >= 0.3 is 0 Å². The molecule has 0 radical (unpaired) electrons. The van der Waals surface area contributed by atoms with Crippen molar-refractivity contribution in [3.8, 4) is 0 Å². The molecule has 0 bridgehead atoms. The van der Waals surface area contributed by atoms with Crippen molar-refractivity contribution in [1.29, 1.82) is 0 Å². The molecule has 0 N–H and O–H groups in total. The highest BCUT2D eigenvalue weighted by molar-refractivity contribution is 14.1. The second kappa shape index (κ2) is 6.59. The number of hydrogen-bond acceptors (Lipinski definition) is 0. The van der Waals surface area contributed by atoms with E-state index in [1.165, 1.54) is 19.3 Å². The van der Waals surface area contributed by atoms with E-state index in [4.69, 9.17) is 0 Å². The zero-order valence-electron chi connectivity index (χ0n) is 6.23. The zero-order valence-corrected chi connectivity index (χ0v) is 8.39. The second-order valence-corrected chi connectivity index (χ2v) is 3.00. The van der Waals surface area contributed by atoms with Gasteiger partial charge in [0.15, 0.2) is 0 Å². The molecule has 0 rings (SSSR count). The Morgan fingerprint density at radius 1 is 1.33 bits per heavy atom. The molecule has 0 aromatic rings. The number of rotatable bonds is 4. The molecule has 0 fully saturated rings. The fourth-order valence-corrected chi connectivity index (χ4v) is 1.16. The first kappa shape index (κ1) is 9.47. The van der Waals surface area contributed by atoms with Crippen molar-refractivity contribution in [3.05, 3.63) is 10.2 Å². The van der Waals surface area contributed by atoms with Gasteiger partial charge in [0.05, 0.1) is 0 Å². The quantitative estimate of drug-likeness (QED) is 0.654. The summed E-state index contributed by atoms with van der Waals surface area (Å²) in [6.07, 6.45) is 6.14. The maximum absolute atomic E-state index is 2.27. The van der Waals surface area contributed by atoms with Crippen LogP contribution >= 0.6 is 22.6 Å². The number of allylic oxidation sites excluding steroid dienone is 1. The minimum absolute atomic E-state index is 0.913. The Balaban J connectivity index is 3.31. The van der Waals surface area contributed by atoms with Crippen molar-refractivity contribution in [1.82, 2.24) is 0 Å². The molecule has 0 spiro atoms. The predicted octanol–water partition coefficient (Wildman–Crippen LogP) is 3.76. The van der Waals surface area contributed by atoms with Crippen molar-refractivity contribution in [2.24, 2.45) is 5.92 Å². The van der Waals surface area contributed by atoms with Gasteiger partial charge < -0.3 is 0 Å². The van der Waals surface area contributed by atoms with Gasteiger partial charge in [-0.3, -0.25) is 0 Å². The summed E-state index contributed by atoms with van der Waals surface area (Å²) < 4.78 is 2.11. The van der Waals surface area contributed by atoms with E-state index < -0.39 is 0 Å².